The van der Waals surface area contributed by atoms with Crippen LogP contribution in [0.3, 0.4) is 0 Å². The van der Waals surface area contributed by atoms with Crippen molar-refractivity contribution in [1.82, 2.24) is 10.6 Å². The maximum Gasteiger partial charge on any atom is 0.191 e. The van der Waals surface area contributed by atoms with Crippen LogP contribution >= 0.6 is 0 Å². The van der Waals surface area contributed by atoms with Gasteiger partial charge in [-0.05, 0) is 25.0 Å². The highest BCUT2D eigenvalue weighted by Crippen LogP contribution is 2.22. The Balaban J connectivity index is 1.89. The fourth-order valence-corrected chi connectivity index (χ4v) is 3.44. The van der Waals surface area contributed by atoms with Gasteiger partial charge in [0.05, 0.1) is 19.0 Å². The molecule has 0 amide bonds. The quantitative estimate of drug-likeness (QED) is 0.485. The average molecular weight is 398 g/mol. The lowest BCUT2D eigenvalue weighted by molar-refractivity contribution is 0.166. The van der Waals surface area contributed by atoms with Crippen molar-refractivity contribution in [3.8, 4) is 5.75 Å². The number of benzene rings is 1. The third-order valence-corrected chi connectivity index (χ3v) is 6.24. The summed E-state index contributed by atoms with van der Waals surface area (Å²) in [5.41, 5.74) is 2.17. The van der Waals surface area contributed by atoms with Crippen molar-refractivity contribution < 1.29 is 17.9 Å². The summed E-state index contributed by atoms with van der Waals surface area (Å²) in [5, 5.41) is 6.26. The Morgan fingerprint density at radius 1 is 1.37 bits per heavy atom. The highest BCUT2D eigenvalue weighted by molar-refractivity contribution is 7.91. The zero-order valence-electron chi connectivity index (χ0n) is 16.5. The van der Waals surface area contributed by atoms with Crippen LogP contribution in [0.4, 0.5) is 0 Å². The monoisotopic (exact) mass is 397 g/mol. The molecule has 8 heteroatoms. The number of guanidine groups is 1. The van der Waals surface area contributed by atoms with Gasteiger partial charge in [0.25, 0.3) is 0 Å². The molecule has 1 fully saturated rings. The number of rotatable bonds is 9. The lowest BCUT2D eigenvalue weighted by atomic mass is 10.1. The standard InChI is InChI=1S/C19H31N3O4S/c1-4-27(23,24)10-8-21-19(20-3)22-12-17-6-5-15(2)11-18(17)26-14-16-7-9-25-13-16/h5-6,11,16H,4,7-10,12-14H2,1-3H3,(H2,20,21,22). The third kappa shape index (κ3) is 7.38. The zero-order valence-corrected chi connectivity index (χ0v) is 17.3. The average Bonchev–Trinajstić information content (AvgIpc) is 3.17. The van der Waals surface area contributed by atoms with Crippen molar-refractivity contribution in [2.75, 3.05) is 44.9 Å². The number of aliphatic imine (C=N–C) groups is 1. The van der Waals surface area contributed by atoms with E-state index in [1.54, 1.807) is 14.0 Å². The molecular formula is C19H31N3O4S. The van der Waals surface area contributed by atoms with Crippen molar-refractivity contribution in [2.24, 2.45) is 10.9 Å². The van der Waals surface area contributed by atoms with E-state index >= 15 is 0 Å². The molecule has 1 saturated heterocycles. The molecule has 27 heavy (non-hydrogen) atoms. The van der Waals surface area contributed by atoms with E-state index in [4.69, 9.17) is 9.47 Å². The van der Waals surface area contributed by atoms with Crippen LogP contribution in [0.5, 0.6) is 5.75 Å². The summed E-state index contributed by atoms with van der Waals surface area (Å²) in [5.74, 6) is 2.11. The van der Waals surface area contributed by atoms with E-state index in [-0.39, 0.29) is 11.5 Å². The number of sulfone groups is 1. The minimum absolute atomic E-state index is 0.0898. The summed E-state index contributed by atoms with van der Waals surface area (Å²) in [7, 11) is -1.33. The molecule has 1 aliphatic heterocycles. The van der Waals surface area contributed by atoms with Crippen molar-refractivity contribution in [3.63, 3.8) is 0 Å². The van der Waals surface area contributed by atoms with E-state index in [9.17, 15) is 8.42 Å². The van der Waals surface area contributed by atoms with Crippen molar-refractivity contribution >= 4 is 15.8 Å². The predicted octanol–water partition coefficient (Wildman–Crippen LogP) is 1.51. The van der Waals surface area contributed by atoms with Gasteiger partial charge >= 0.3 is 0 Å². The van der Waals surface area contributed by atoms with Gasteiger partial charge in [-0.1, -0.05) is 19.1 Å². The molecule has 7 nitrogen and oxygen atoms in total. The largest absolute Gasteiger partial charge is 0.493 e. The van der Waals surface area contributed by atoms with Gasteiger partial charge in [0.2, 0.25) is 0 Å². The highest BCUT2D eigenvalue weighted by atomic mass is 32.2. The lowest BCUT2D eigenvalue weighted by Crippen LogP contribution is -2.39. The first-order valence-electron chi connectivity index (χ1n) is 9.38. The molecule has 0 radical (unpaired) electrons. The smallest absolute Gasteiger partial charge is 0.191 e. The molecular weight excluding hydrogens is 366 g/mol. The van der Waals surface area contributed by atoms with Crippen LogP contribution in [0.2, 0.25) is 0 Å². The maximum absolute atomic E-state index is 11.6. The summed E-state index contributed by atoms with van der Waals surface area (Å²) >= 11 is 0. The van der Waals surface area contributed by atoms with E-state index in [1.165, 1.54) is 0 Å². The molecule has 1 aliphatic rings. The highest BCUT2D eigenvalue weighted by Gasteiger charge is 2.17. The SMILES string of the molecule is CCS(=O)(=O)CCNC(=NC)NCc1ccc(C)cc1OCC1CCOC1. The second-order valence-corrected chi connectivity index (χ2v) is 9.21. The van der Waals surface area contributed by atoms with Crippen LogP contribution in [0, 0.1) is 12.8 Å². The Bertz CT molecular complexity index is 728. The van der Waals surface area contributed by atoms with Gasteiger partial charge in [0, 0.05) is 44.0 Å². The lowest BCUT2D eigenvalue weighted by Gasteiger charge is -2.17. The minimum Gasteiger partial charge on any atom is -0.493 e. The van der Waals surface area contributed by atoms with E-state index in [1.807, 2.05) is 25.1 Å². The molecule has 152 valence electrons. The van der Waals surface area contributed by atoms with Gasteiger partial charge in [-0.25, -0.2) is 8.42 Å². The zero-order chi connectivity index (χ0) is 19.7. The molecule has 2 N–H and O–H groups in total. The second-order valence-electron chi connectivity index (χ2n) is 6.74. The molecule has 0 aromatic heterocycles. The fourth-order valence-electron chi connectivity index (χ4n) is 2.73. The third-order valence-electron chi connectivity index (χ3n) is 4.54. The van der Waals surface area contributed by atoms with Crippen LogP contribution in [-0.2, 0) is 21.1 Å². The summed E-state index contributed by atoms with van der Waals surface area (Å²) in [6.07, 6.45) is 1.04. The topological polar surface area (TPSA) is 89.0 Å². The fraction of sp³-hybridized carbons (Fsp3) is 0.632. The number of ether oxygens (including phenoxy) is 2. The molecule has 1 aromatic rings. The van der Waals surface area contributed by atoms with Gasteiger partial charge in [0.1, 0.15) is 5.75 Å². The Labute approximate surface area is 162 Å². The van der Waals surface area contributed by atoms with Gasteiger partial charge < -0.3 is 20.1 Å². The summed E-state index contributed by atoms with van der Waals surface area (Å²) in [6, 6.07) is 6.13. The Morgan fingerprint density at radius 3 is 2.85 bits per heavy atom. The maximum atomic E-state index is 11.6. The first-order valence-corrected chi connectivity index (χ1v) is 11.2. The molecule has 0 spiro atoms. The molecule has 1 aromatic carbocycles. The number of hydrogen-bond acceptors (Lipinski definition) is 5. The van der Waals surface area contributed by atoms with Crippen LogP contribution in [-0.4, -0.2) is 59.3 Å². The van der Waals surface area contributed by atoms with E-state index in [2.05, 4.69) is 15.6 Å². The first kappa shape index (κ1) is 21.5. The normalized spacial score (nSPS) is 17.7. The van der Waals surface area contributed by atoms with Crippen LogP contribution in [0.1, 0.15) is 24.5 Å². The van der Waals surface area contributed by atoms with E-state index in [0.717, 1.165) is 36.5 Å². The molecule has 0 saturated carbocycles. The number of aryl methyl sites for hydroxylation is 1. The molecule has 1 atom stereocenters. The van der Waals surface area contributed by atoms with E-state index < -0.39 is 9.84 Å². The molecule has 1 heterocycles. The number of nitrogens with zero attached hydrogens (tertiary/aromatic N) is 1. The van der Waals surface area contributed by atoms with Crippen molar-refractivity contribution in [1.29, 1.82) is 0 Å². The summed E-state index contributed by atoms with van der Waals surface area (Å²) < 4.78 is 34.6. The van der Waals surface area contributed by atoms with Crippen LogP contribution < -0.4 is 15.4 Å². The van der Waals surface area contributed by atoms with Gasteiger partial charge in [-0.3, -0.25) is 4.99 Å². The minimum atomic E-state index is -2.99. The summed E-state index contributed by atoms with van der Waals surface area (Å²) in [4.78, 5) is 4.15. The molecule has 0 bridgehead atoms. The Kier molecular flexibility index (Phi) is 8.37. The predicted molar refractivity (Wildman–Crippen MR) is 108 cm³/mol. The molecule has 1 unspecified atom stereocenters. The summed E-state index contributed by atoms with van der Waals surface area (Å²) in [6.45, 7) is 6.78. The Hall–Kier alpha value is -1.80. The number of nitrogens with one attached hydrogen (secondary N) is 2. The van der Waals surface area contributed by atoms with Crippen molar-refractivity contribution in [3.05, 3.63) is 29.3 Å². The van der Waals surface area contributed by atoms with Crippen LogP contribution in [0.15, 0.2) is 23.2 Å². The van der Waals surface area contributed by atoms with Gasteiger partial charge in [0.15, 0.2) is 15.8 Å². The molecule has 0 aliphatic carbocycles. The van der Waals surface area contributed by atoms with E-state index in [0.29, 0.717) is 31.6 Å². The number of hydrogen-bond donors (Lipinski definition) is 2. The van der Waals surface area contributed by atoms with Gasteiger partial charge in [-0.15, -0.1) is 0 Å². The first-order chi connectivity index (χ1) is 12.9. The molecule has 2 rings (SSSR count). The second kappa shape index (κ2) is 10.5. The Morgan fingerprint density at radius 2 is 2.19 bits per heavy atom. The van der Waals surface area contributed by atoms with Gasteiger partial charge in [-0.2, -0.15) is 0 Å². The van der Waals surface area contributed by atoms with Crippen LogP contribution in [0.25, 0.3) is 0 Å². The van der Waals surface area contributed by atoms with Crippen molar-refractivity contribution in [2.45, 2.75) is 26.8 Å².